The molecule has 2 aromatic carbocycles. The first kappa shape index (κ1) is 27.2. The number of ketones is 1. The van der Waals surface area contributed by atoms with Crippen molar-refractivity contribution in [3.63, 3.8) is 0 Å². The number of carbonyl (C=O) groups is 2. The highest BCUT2D eigenvalue weighted by Crippen LogP contribution is 2.38. The maximum absolute atomic E-state index is 12.6. The summed E-state index contributed by atoms with van der Waals surface area (Å²) in [5.41, 5.74) is 3.60. The van der Waals surface area contributed by atoms with Crippen molar-refractivity contribution >= 4 is 51.5 Å². The van der Waals surface area contributed by atoms with Gasteiger partial charge in [-0.25, -0.2) is 0 Å². The van der Waals surface area contributed by atoms with E-state index in [2.05, 4.69) is 15.6 Å². The van der Waals surface area contributed by atoms with Crippen LogP contribution < -0.4 is 10.6 Å². The van der Waals surface area contributed by atoms with Gasteiger partial charge in [0.15, 0.2) is 11.5 Å². The molecule has 3 aromatic rings. The molecule has 0 aliphatic heterocycles. The average Bonchev–Trinajstić information content (AvgIpc) is 2.86. The number of hydrogen-bond donors (Lipinski definition) is 3. The number of nitrogens with one attached hydrogen (secondary N) is 2. The Kier molecular flexibility index (Phi) is 8.57. The zero-order valence-corrected chi connectivity index (χ0v) is 22.8. The van der Waals surface area contributed by atoms with Gasteiger partial charge in [0.2, 0.25) is 5.91 Å². The molecule has 1 aromatic heterocycles. The Morgan fingerprint density at radius 3 is 2.35 bits per heavy atom. The van der Waals surface area contributed by atoms with Crippen LogP contribution in [0.2, 0.25) is 10.0 Å². The van der Waals surface area contributed by atoms with Crippen LogP contribution in [0, 0.1) is 5.92 Å². The molecule has 0 radical (unpaired) electrons. The molecule has 9 heteroatoms. The summed E-state index contributed by atoms with van der Waals surface area (Å²) < 4.78 is 0. The third kappa shape index (κ3) is 6.35. The standard InChI is InChI=1S/C28H32Cl2N4O3/c1-16(35)22-15-32-25-9-6-18(19-13-23(29)27(36)24(30)14-19)12-21(25)26(22)33-20-7-4-17(5-8-20)28(37)31-10-11-34(2)3/h6,9,12-15,17,20,36H,4-5,7-8,10-11H2,1-3H3,(H,31,37)(H,32,33)/t17-,20-. The minimum absolute atomic E-state index is 0.0114. The Bertz CT molecular complexity index is 1300. The predicted octanol–water partition coefficient (Wildman–Crippen LogP) is 5.77. The number of benzene rings is 2. The summed E-state index contributed by atoms with van der Waals surface area (Å²) in [6.07, 6.45) is 4.86. The molecule has 0 unspecified atom stereocenters. The smallest absolute Gasteiger partial charge is 0.223 e. The monoisotopic (exact) mass is 542 g/mol. The first-order valence-electron chi connectivity index (χ1n) is 12.4. The van der Waals surface area contributed by atoms with Crippen molar-refractivity contribution in [1.82, 2.24) is 15.2 Å². The predicted molar refractivity (Wildman–Crippen MR) is 150 cm³/mol. The molecular weight excluding hydrogens is 511 g/mol. The number of aromatic nitrogens is 1. The highest BCUT2D eigenvalue weighted by atomic mass is 35.5. The second kappa shape index (κ2) is 11.7. The Balaban J connectivity index is 1.57. The molecule has 0 bridgehead atoms. The molecule has 4 rings (SSSR count). The van der Waals surface area contributed by atoms with Crippen LogP contribution in [0.4, 0.5) is 5.69 Å². The third-order valence-electron chi connectivity index (χ3n) is 6.90. The quantitative estimate of drug-likeness (QED) is 0.313. The molecule has 7 nitrogen and oxygen atoms in total. The third-order valence-corrected chi connectivity index (χ3v) is 7.48. The number of anilines is 1. The van der Waals surface area contributed by atoms with E-state index in [4.69, 9.17) is 23.2 Å². The summed E-state index contributed by atoms with van der Waals surface area (Å²) in [4.78, 5) is 31.6. The van der Waals surface area contributed by atoms with E-state index in [-0.39, 0.29) is 39.4 Å². The second-order valence-electron chi connectivity index (χ2n) is 9.91. The van der Waals surface area contributed by atoms with Gasteiger partial charge in [-0.3, -0.25) is 14.6 Å². The molecule has 0 saturated heterocycles. The average molecular weight is 543 g/mol. The lowest BCUT2D eigenvalue weighted by atomic mass is 9.85. The van der Waals surface area contributed by atoms with Crippen LogP contribution in [0.1, 0.15) is 43.0 Å². The fraction of sp³-hybridized carbons (Fsp3) is 0.393. The number of rotatable bonds is 8. The second-order valence-corrected chi connectivity index (χ2v) is 10.7. The minimum atomic E-state index is -0.155. The van der Waals surface area contributed by atoms with E-state index >= 15 is 0 Å². The summed E-state index contributed by atoms with van der Waals surface area (Å²) in [6, 6.07) is 9.21. The number of pyridine rings is 1. The number of carbonyl (C=O) groups excluding carboxylic acids is 2. The fourth-order valence-corrected chi connectivity index (χ4v) is 5.26. The summed E-state index contributed by atoms with van der Waals surface area (Å²) in [7, 11) is 3.97. The molecule has 1 aliphatic rings. The molecular formula is C28H32Cl2N4O3. The SMILES string of the molecule is CC(=O)c1cnc2ccc(-c3cc(Cl)c(O)c(Cl)c3)cc2c1N[C@H]1CC[C@H](C(=O)NCCN(C)C)CC1. The van der Waals surface area contributed by atoms with Crippen molar-refractivity contribution in [1.29, 1.82) is 0 Å². The van der Waals surface area contributed by atoms with Crippen molar-refractivity contribution in [3.05, 3.63) is 52.1 Å². The van der Waals surface area contributed by atoms with Crippen molar-refractivity contribution in [3.8, 4) is 16.9 Å². The molecule has 37 heavy (non-hydrogen) atoms. The Morgan fingerprint density at radius 2 is 1.73 bits per heavy atom. The first-order valence-corrected chi connectivity index (χ1v) is 13.2. The van der Waals surface area contributed by atoms with Crippen LogP contribution in [0.15, 0.2) is 36.5 Å². The largest absolute Gasteiger partial charge is 0.505 e. The van der Waals surface area contributed by atoms with Crippen LogP contribution in [0.3, 0.4) is 0 Å². The first-order chi connectivity index (χ1) is 17.6. The molecule has 1 fully saturated rings. The van der Waals surface area contributed by atoms with Crippen LogP contribution in [0.25, 0.3) is 22.0 Å². The van der Waals surface area contributed by atoms with Gasteiger partial charge in [-0.2, -0.15) is 0 Å². The fourth-order valence-electron chi connectivity index (χ4n) is 4.78. The lowest BCUT2D eigenvalue weighted by molar-refractivity contribution is -0.125. The van der Waals surface area contributed by atoms with E-state index in [9.17, 15) is 14.7 Å². The Hall–Kier alpha value is -2.87. The lowest BCUT2D eigenvalue weighted by Crippen LogP contribution is -2.38. The number of Topliss-reactive ketones (excluding diaryl/α,β-unsaturated/α-hetero) is 1. The number of halogens is 2. The molecule has 0 atom stereocenters. The zero-order valence-electron chi connectivity index (χ0n) is 21.3. The normalized spacial score (nSPS) is 17.7. The van der Waals surface area contributed by atoms with Gasteiger partial charge in [0, 0.05) is 36.6 Å². The lowest BCUT2D eigenvalue weighted by Gasteiger charge is -2.30. The number of fused-ring (bicyclic) bond motifs is 1. The minimum Gasteiger partial charge on any atom is -0.505 e. The molecule has 0 spiro atoms. The summed E-state index contributed by atoms with van der Waals surface area (Å²) >= 11 is 12.3. The van der Waals surface area contributed by atoms with Crippen LogP contribution in [-0.4, -0.2) is 59.9 Å². The summed E-state index contributed by atoms with van der Waals surface area (Å²) in [5, 5.41) is 17.7. The number of likely N-dealkylation sites (N-methyl/N-ethyl adjacent to an activating group) is 1. The van der Waals surface area contributed by atoms with Crippen LogP contribution in [0.5, 0.6) is 5.75 Å². The zero-order chi connectivity index (χ0) is 26.7. The molecule has 1 heterocycles. The van der Waals surface area contributed by atoms with Crippen molar-refractivity contribution < 1.29 is 14.7 Å². The van der Waals surface area contributed by atoms with Crippen LogP contribution >= 0.6 is 23.2 Å². The molecule has 196 valence electrons. The van der Waals surface area contributed by atoms with Gasteiger partial charge in [-0.1, -0.05) is 29.3 Å². The Labute approximate surface area is 227 Å². The number of amides is 1. The molecule has 1 aliphatic carbocycles. The topological polar surface area (TPSA) is 94.6 Å². The van der Waals surface area contributed by atoms with Crippen molar-refractivity contribution in [2.45, 2.75) is 38.6 Å². The van der Waals surface area contributed by atoms with E-state index in [1.165, 1.54) is 6.92 Å². The van der Waals surface area contributed by atoms with Crippen molar-refractivity contribution in [2.75, 3.05) is 32.5 Å². The van der Waals surface area contributed by atoms with E-state index in [0.29, 0.717) is 12.1 Å². The van der Waals surface area contributed by atoms with E-state index in [1.54, 1.807) is 18.3 Å². The highest BCUT2D eigenvalue weighted by molar-refractivity contribution is 6.37. The summed E-state index contributed by atoms with van der Waals surface area (Å²) in [6.45, 7) is 3.00. The van der Waals surface area contributed by atoms with Gasteiger partial charge in [0.25, 0.3) is 0 Å². The molecule has 1 saturated carbocycles. The van der Waals surface area contributed by atoms with E-state index in [0.717, 1.165) is 59.9 Å². The van der Waals surface area contributed by atoms with Gasteiger partial charge in [-0.05, 0) is 82.1 Å². The molecule has 1 amide bonds. The summed E-state index contributed by atoms with van der Waals surface area (Å²) in [5.74, 6) is -0.100. The molecule has 3 N–H and O–H groups in total. The number of hydrogen-bond acceptors (Lipinski definition) is 6. The maximum atomic E-state index is 12.6. The van der Waals surface area contributed by atoms with Gasteiger partial charge in [-0.15, -0.1) is 0 Å². The van der Waals surface area contributed by atoms with E-state index < -0.39 is 0 Å². The highest BCUT2D eigenvalue weighted by Gasteiger charge is 2.27. The number of phenolic OH excluding ortho intramolecular Hbond substituents is 1. The van der Waals surface area contributed by atoms with Gasteiger partial charge in [0.05, 0.1) is 26.8 Å². The van der Waals surface area contributed by atoms with Gasteiger partial charge < -0.3 is 20.6 Å². The van der Waals surface area contributed by atoms with Crippen LogP contribution in [-0.2, 0) is 4.79 Å². The number of phenols is 1. The van der Waals surface area contributed by atoms with E-state index in [1.807, 2.05) is 37.2 Å². The maximum Gasteiger partial charge on any atom is 0.223 e. The number of nitrogens with zero attached hydrogens (tertiary/aromatic N) is 2. The number of aromatic hydroxyl groups is 1. The van der Waals surface area contributed by atoms with Crippen molar-refractivity contribution in [2.24, 2.45) is 5.92 Å². The Morgan fingerprint density at radius 1 is 1.05 bits per heavy atom. The van der Waals surface area contributed by atoms with Gasteiger partial charge in [0.1, 0.15) is 0 Å². The van der Waals surface area contributed by atoms with Gasteiger partial charge >= 0.3 is 0 Å².